The van der Waals surface area contributed by atoms with Gasteiger partial charge in [0.2, 0.25) is 0 Å². The standard InChI is InChI=1S/C15H21BrN2OS/c1-2-7-18-8-5-12(6-9-18)17-15(19)13-4-3-11(16)10-14(13)20/h3-4,10,12,20H,2,5-9H2,1H3,(H,17,19). The highest BCUT2D eigenvalue weighted by Crippen LogP contribution is 2.20. The van der Waals surface area contributed by atoms with Crippen LogP contribution in [0.5, 0.6) is 0 Å². The zero-order chi connectivity index (χ0) is 14.5. The number of benzene rings is 1. The van der Waals surface area contributed by atoms with Crippen LogP contribution in [0.2, 0.25) is 0 Å². The molecule has 1 N–H and O–H groups in total. The van der Waals surface area contributed by atoms with E-state index in [0.29, 0.717) is 10.5 Å². The van der Waals surface area contributed by atoms with Crippen molar-refractivity contribution in [2.24, 2.45) is 0 Å². The number of amides is 1. The van der Waals surface area contributed by atoms with Gasteiger partial charge in [-0.25, -0.2) is 0 Å². The number of piperidine rings is 1. The molecule has 20 heavy (non-hydrogen) atoms. The number of halogens is 1. The molecule has 1 aliphatic heterocycles. The Morgan fingerprint density at radius 2 is 2.15 bits per heavy atom. The van der Waals surface area contributed by atoms with Crippen molar-refractivity contribution in [2.75, 3.05) is 19.6 Å². The molecule has 0 aliphatic carbocycles. The summed E-state index contributed by atoms with van der Waals surface area (Å²) in [6.45, 7) is 5.52. The van der Waals surface area contributed by atoms with Crippen LogP contribution < -0.4 is 5.32 Å². The SMILES string of the molecule is CCCN1CCC(NC(=O)c2ccc(Br)cc2S)CC1. The van der Waals surface area contributed by atoms with Crippen molar-refractivity contribution in [3.05, 3.63) is 28.2 Å². The molecular weight excluding hydrogens is 336 g/mol. The number of carbonyl (C=O) groups excluding carboxylic acids is 1. The second-order valence-corrected chi connectivity index (χ2v) is 6.65. The van der Waals surface area contributed by atoms with Crippen LogP contribution in [-0.4, -0.2) is 36.5 Å². The zero-order valence-corrected chi connectivity index (χ0v) is 14.2. The van der Waals surface area contributed by atoms with E-state index in [1.165, 1.54) is 6.42 Å². The van der Waals surface area contributed by atoms with Gasteiger partial charge in [0, 0.05) is 28.5 Å². The van der Waals surface area contributed by atoms with Crippen molar-refractivity contribution in [2.45, 2.75) is 37.1 Å². The summed E-state index contributed by atoms with van der Waals surface area (Å²) in [5, 5.41) is 3.13. The predicted octanol–water partition coefficient (Wildman–Crippen LogP) is 3.34. The number of likely N-dealkylation sites (tertiary alicyclic amines) is 1. The monoisotopic (exact) mass is 356 g/mol. The molecule has 0 spiro atoms. The van der Waals surface area contributed by atoms with Gasteiger partial charge in [-0.2, -0.15) is 0 Å². The van der Waals surface area contributed by atoms with Crippen molar-refractivity contribution in [3.63, 3.8) is 0 Å². The maximum absolute atomic E-state index is 12.3. The summed E-state index contributed by atoms with van der Waals surface area (Å²) in [6.07, 6.45) is 3.26. The molecule has 1 fully saturated rings. The van der Waals surface area contributed by atoms with Crippen LogP contribution in [0.1, 0.15) is 36.5 Å². The quantitative estimate of drug-likeness (QED) is 0.810. The van der Waals surface area contributed by atoms with Gasteiger partial charge in [-0.05, 0) is 44.0 Å². The van der Waals surface area contributed by atoms with Crippen molar-refractivity contribution in [1.82, 2.24) is 10.2 Å². The molecule has 110 valence electrons. The molecule has 1 amide bonds. The Balaban J connectivity index is 1.89. The lowest BCUT2D eigenvalue weighted by molar-refractivity contribution is 0.0908. The highest BCUT2D eigenvalue weighted by atomic mass is 79.9. The Bertz CT molecular complexity index is 473. The smallest absolute Gasteiger partial charge is 0.252 e. The molecule has 0 saturated carbocycles. The zero-order valence-electron chi connectivity index (χ0n) is 11.7. The third kappa shape index (κ3) is 4.24. The van der Waals surface area contributed by atoms with E-state index in [-0.39, 0.29) is 11.9 Å². The van der Waals surface area contributed by atoms with E-state index in [1.54, 1.807) is 0 Å². The molecule has 2 rings (SSSR count). The Morgan fingerprint density at radius 3 is 2.75 bits per heavy atom. The summed E-state index contributed by atoms with van der Waals surface area (Å²) in [7, 11) is 0. The molecule has 0 unspecified atom stereocenters. The minimum atomic E-state index is -0.0172. The molecule has 1 saturated heterocycles. The molecule has 0 radical (unpaired) electrons. The van der Waals surface area contributed by atoms with Gasteiger partial charge in [-0.1, -0.05) is 22.9 Å². The molecule has 3 nitrogen and oxygen atoms in total. The lowest BCUT2D eigenvalue weighted by Crippen LogP contribution is -2.44. The van der Waals surface area contributed by atoms with Gasteiger partial charge in [0.1, 0.15) is 0 Å². The van der Waals surface area contributed by atoms with E-state index < -0.39 is 0 Å². The van der Waals surface area contributed by atoms with Gasteiger partial charge in [0.15, 0.2) is 0 Å². The first-order chi connectivity index (χ1) is 9.60. The van der Waals surface area contributed by atoms with Crippen LogP contribution in [0, 0.1) is 0 Å². The van der Waals surface area contributed by atoms with E-state index in [1.807, 2.05) is 18.2 Å². The fourth-order valence-electron chi connectivity index (χ4n) is 2.58. The number of carbonyl (C=O) groups is 1. The Hall–Kier alpha value is -0.520. The third-order valence-corrected chi connectivity index (χ3v) is 4.53. The van der Waals surface area contributed by atoms with Crippen molar-refractivity contribution in [3.8, 4) is 0 Å². The van der Waals surface area contributed by atoms with Gasteiger partial charge in [-0.3, -0.25) is 4.79 Å². The largest absolute Gasteiger partial charge is 0.349 e. The van der Waals surface area contributed by atoms with E-state index in [9.17, 15) is 4.79 Å². The highest BCUT2D eigenvalue weighted by molar-refractivity contribution is 9.10. The minimum Gasteiger partial charge on any atom is -0.349 e. The molecule has 1 heterocycles. The molecular formula is C15H21BrN2OS. The van der Waals surface area contributed by atoms with E-state index in [0.717, 1.165) is 36.9 Å². The average molecular weight is 357 g/mol. The lowest BCUT2D eigenvalue weighted by Gasteiger charge is -2.32. The minimum absolute atomic E-state index is 0.0172. The number of thiol groups is 1. The highest BCUT2D eigenvalue weighted by Gasteiger charge is 2.21. The molecule has 1 aliphatic rings. The van der Waals surface area contributed by atoms with Gasteiger partial charge in [0.25, 0.3) is 5.91 Å². The summed E-state index contributed by atoms with van der Waals surface area (Å²) in [6, 6.07) is 5.82. The first-order valence-electron chi connectivity index (χ1n) is 7.12. The summed E-state index contributed by atoms with van der Waals surface area (Å²) < 4.78 is 0.937. The first-order valence-corrected chi connectivity index (χ1v) is 8.36. The van der Waals surface area contributed by atoms with E-state index in [2.05, 4.69) is 45.7 Å². The van der Waals surface area contributed by atoms with Crippen LogP contribution in [0.3, 0.4) is 0 Å². The van der Waals surface area contributed by atoms with Crippen LogP contribution in [0.25, 0.3) is 0 Å². The van der Waals surface area contributed by atoms with Gasteiger partial charge < -0.3 is 10.2 Å². The first kappa shape index (κ1) is 15.9. The fourth-order valence-corrected chi connectivity index (χ4v) is 3.43. The summed E-state index contributed by atoms with van der Waals surface area (Å²) in [4.78, 5) is 15.4. The number of nitrogens with one attached hydrogen (secondary N) is 1. The van der Waals surface area contributed by atoms with Crippen LogP contribution in [0.15, 0.2) is 27.6 Å². The Kier molecular flexibility index (Phi) is 5.93. The van der Waals surface area contributed by atoms with Crippen molar-refractivity contribution >= 4 is 34.5 Å². The maximum Gasteiger partial charge on any atom is 0.252 e. The number of hydrogen-bond donors (Lipinski definition) is 2. The fraction of sp³-hybridized carbons (Fsp3) is 0.533. The van der Waals surface area contributed by atoms with Crippen molar-refractivity contribution in [1.29, 1.82) is 0 Å². The molecule has 0 atom stereocenters. The molecule has 0 bridgehead atoms. The molecule has 1 aromatic rings. The predicted molar refractivity (Wildman–Crippen MR) is 88.6 cm³/mol. The van der Waals surface area contributed by atoms with Gasteiger partial charge in [0.05, 0.1) is 5.56 Å². The van der Waals surface area contributed by atoms with E-state index >= 15 is 0 Å². The van der Waals surface area contributed by atoms with Crippen LogP contribution in [0.4, 0.5) is 0 Å². The number of rotatable bonds is 4. The van der Waals surface area contributed by atoms with Gasteiger partial charge >= 0.3 is 0 Å². The van der Waals surface area contributed by atoms with Gasteiger partial charge in [-0.15, -0.1) is 12.6 Å². The molecule has 1 aromatic carbocycles. The van der Waals surface area contributed by atoms with E-state index in [4.69, 9.17) is 0 Å². The summed E-state index contributed by atoms with van der Waals surface area (Å²) >= 11 is 7.75. The van der Waals surface area contributed by atoms with Crippen LogP contribution in [-0.2, 0) is 0 Å². The second kappa shape index (κ2) is 7.48. The Morgan fingerprint density at radius 1 is 1.45 bits per heavy atom. The normalized spacial score (nSPS) is 17.1. The number of hydrogen-bond acceptors (Lipinski definition) is 3. The summed E-state index contributed by atoms with van der Waals surface area (Å²) in [5.41, 5.74) is 0.646. The molecule has 5 heteroatoms. The summed E-state index contributed by atoms with van der Waals surface area (Å²) in [5.74, 6) is -0.0172. The molecule has 0 aromatic heterocycles. The third-order valence-electron chi connectivity index (χ3n) is 3.67. The van der Waals surface area contributed by atoms with Crippen molar-refractivity contribution < 1.29 is 4.79 Å². The lowest BCUT2D eigenvalue weighted by atomic mass is 10.0. The Labute approximate surface area is 134 Å². The second-order valence-electron chi connectivity index (χ2n) is 5.25. The van der Waals surface area contributed by atoms with Crippen LogP contribution >= 0.6 is 28.6 Å². The number of nitrogens with zero attached hydrogens (tertiary/aromatic N) is 1. The maximum atomic E-state index is 12.3. The topological polar surface area (TPSA) is 32.3 Å². The average Bonchev–Trinajstić information content (AvgIpc) is 2.41.